The van der Waals surface area contributed by atoms with Crippen molar-refractivity contribution in [3.8, 4) is 11.8 Å². The smallest absolute Gasteiger partial charge is 0.204 e. The lowest BCUT2D eigenvalue weighted by molar-refractivity contribution is 0.319. The predicted molar refractivity (Wildman–Crippen MR) is 96.6 cm³/mol. The van der Waals surface area contributed by atoms with Crippen molar-refractivity contribution in [2.24, 2.45) is 5.92 Å². The summed E-state index contributed by atoms with van der Waals surface area (Å²) >= 11 is 5.80. The number of pyridine rings is 1. The van der Waals surface area contributed by atoms with Crippen molar-refractivity contribution in [2.75, 3.05) is 0 Å². The summed E-state index contributed by atoms with van der Waals surface area (Å²) in [5, 5.41) is -0.129. The Morgan fingerprint density at radius 1 is 1.08 bits per heavy atom. The Kier molecular flexibility index (Phi) is 5.71. The van der Waals surface area contributed by atoms with E-state index in [4.69, 9.17) is 11.6 Å². The molecule has 1 heterocycles. The van der Waals surface area contributed by atoms with E-state index in [1.54, 1.807) is 0 Å². The molecule has 0 unspecified atom stereocenters. The average Bonchev–Trinajstić information content (AvgIpc) is 2.64. The van der Waals surface area contributed by atoms with Crippen molar-refractivity contribution in [1.82, 2.24) is 4.98 Å². The van der Waals surface area contributed by atoms with Crippen LogP contribution in [0.1, 0.15) is 61.6 Å². The second-order valence-corrected chi connectivity index (χ2v) is 6.96. The van der Waals surface area contributed by atoms with Gasteiger partial charge >= 0.3 is 0 Å². The number of halogens is 3. The van der Waals surface area contributed by atoms with Gasteiger partial charge in [0.05, 0.1) is 5.56 Å². The maximum Gasteiger partial charge on any atom is 0.250 e. The van der Waals surface area contributed by atoms with Gasteiger partial charge in [0, 0.05) is 5.56 Å². The van der Waals surface area contributed by atoms with Gasteiger partial charge in [0.2, 0.25) is 5.95 Å². The zero-order valence-corrected chi connectivity index (χ0v) is 14.9. The van der Waals surface area contributed by atoms with E-state index >= 15 is 0 Å². The standard InChI is InChI=1S/C21H20ClF2N/c1-2-14-3-8-16(9-4-14)17-10-5-15(6-11-17)7-12-18-13-19(23)21(24)25-20(18)22/h5-6,10-11,13-14,16H,2-4,8-9H2,1H3. The lowest BCUT2D eigenvalue weighted by Crippen LogP contribution is -2.12. The molecule has 1 aliphatic carbocycles. The molecule has 0 N–H and O–H groups in total. The molecule has 0 atom stereocenters. The summed E-state index contributed by atoms with van der Waals surface area (Å²) in [6, 6.07) is 9.14. The van der Waals surface area contributed by atoms with Crippen LogP contribution in [0.15, 0.2) is 30.3 Å². The Morgan fingerprint density at radius 2 is 1.76 bits per heavy atom. The maximum absolute atomic E-state index is 13.2. The third-order valence-electron chi connectivity index (χ3n) is 5.03. The second-order valence-electron chi connectivity index (χ2n) is 6.60. The van der Waals surface area contributed by atoms with E-state index in [0.717, 1.165) is 17.5 Å². The normalized spacial score (nSPS) is 20.0. The molecule has 1 saturated carbocycles. The summed E-state index contributed by atoms with van der Waals surface area (Å²) in [5.74, 6) is 4.95. The molecule has 1 aromatic heterocycles. The molecule has 0 spiro atoms. The van der Waals surface area contributed by atoms with Gasteiger partial charge in [-0.05, 0) is 61.3 Å². The highest BCUT2D eigenvalue weighted by Crippen LogP contribution is 2.36. The summed E-state index contributed by atoms with van der Waals surface area (Å²) in [5.41, 5.74) is 2.35. The van der Waals surface area contributed by atoms with Gasteiger partial charge in [-0.25, -0.2) is 9.37 Å². The summed E-state index contributed by atoms with van der Waals surface area (Å²) in [6.07, 6.45) is 6.40. The van der Waals surface area contributed by atoms with Crippen LogP contribution in [-0.2, 0) is 0 Å². The minimum atomic E-state index is -1.21. The Hall–Kier alpha value is -1.92. The topological polar surface area (TPSA) is 12.9 Å². The zero-order chi connectivity index (χ0) is 17.8. The summed E-state index contributed by atoms with van der Waals surface area (Å²) < 4.78 is 26.2. The van der Waals surface area contributed by atoms with Crippen molar-refractivity contribution in [3.63, 3.8) is 0 Å². The molecule has 130 valence electrons. The van der Waals surface area contributed by atoms with Crippen LogP contribution in [-0.4, -0.2) is 4.98 Å². The van der Waals surface area contributed by atoms with E-state index in [1.807, 2.05) is 12.1 Å². The van der Waals surface area contributed by atoms with Crippen molar-refractivity contribution in [3.05, 3.63) is 63.9 Å². The quantitative estimate of drug-likeness (QED) is 0.466. The monoisotopic (exact) mass is 359 g/mol. The van der Waals surface area contributed by atoms with E-state index in [9.17, 15) is 8.78 Å². The van der Waals surface area contributed by atoms with E-state index in [-0.39, 0.29) is 10.7 Å². The first kappa shape index (κ1) is 17.9. The fourth-order valence-electron chi connectivity index (χ4n) is 3.42. The molecule has 3 rings (SSSR count). The van der Waals surface area contributed by atoms with Crippen molar-refractivity contribution in [2.45, 2.75) is 44.9 Å². The molecule has 1 nitrogen and oxygen atoms in total. The number of hydrogen-bond donors (Lipinski definition) is 0. The first-order valence-corrected chi connectivity index (χ1v) is 9.08. The summed E-state index contributed by atoms with van der Waals surface area (Å²) in [7, 11) is 0. The Balaban J connectivity index is 1.71. The number of nitrogens with zero attached hydrogens (tertiary/aromatic N) is 1. The third kappa shape index (κ3) is 4.38. The molecule has 0 aliphatic heterocycles. The van der Waals surface area contributed by atoms with Gasteiger partial charge in [-0.2, -0.15) is 4.39 Å². The van der Waals surface area contributed by atoms with Gasteiger partial charge in [0.1, 0.15) is 5.15 Å². The lowest BCUT2D eigenvalue weighted by atomic mass is 9.78. The third-order valence-corrected chi connectivity index (χ3v) is 5.32. The molecule has 25 heavy (non-hydrogen) atoms. The fraction of sp³-hybridized carbons (Fsp3) is 0.381. The van der Waals surface area contributed by atoms with Crippen LogP contribution in [0, 0.1) is 29.5 Å². The van der Waals surface area contributed by atoms with Gasteiger partial charge in [-0.15, -0.1) is 0 Å². The molecular formula is C21H20ClF2N. The highest BCUT2D eigenvalue weighted by molar-refractivity contribution is 6.30. The van der Waals surface area contributed by atoms with Crippen LogP contribution in [0.4, 0.5) is 8.78 Å². The van der Waals surface area contributed by atoms with Gasteiger partial charge in [-0.3, -0.25) is 0 Å². The Morgan fingerprint density at radius 3 is 2.40 bits per heavy atom. The van der Waals surface area contributed by atoms with Gasteiger partial charge in [0.15, 0.2) is 5.82 Å². The number of benzene rings is 1. The highest BCUT2D eigenvalue weighted by Gasteiger charge is 2.20. The molecule has 1 aromatic carbocycles. The first-order valence-electron chi connectivity index (χ1n) is 8.70. The molecule has 0 bridgehead atoms. The summed E-state index contributed by atoms with van der Waals surface area (Å²) in [6.45, 7) is 2.27. The minimum absolute atomic E-state index is 0.129. The molecule has 1 fully saturated rings. The minimum Gasteiger partial charge on any atom is -0.204 e. The summed E-state index contributed by atoms with van der Waals surface area (Å²) in [4.78, 5) is 3.30. The molecular weight excluding hydrogens is 340 g/mol. The first-order chi connectivity index (χ1) is 12.1. The molecule has 2 aromatic rings. The average molecular weight is 360 g/mol. The molecule has 4 heteroatoms. The van der Waals surface area contributed by atoms with Crippen LogP contribution in [0.3, 0.4) is 0 Å². The highest BCUT2D eigenvalue weighted by atomic mass is 35.5. The van der Waals surface area contributed by atoms with Crippen molar-refractivity contribution in [1.29, 1.82) is 0 Å². The molecule has 0 amide bonds. The Labute approximate surface area is 152 Å². The van der Waals surface area contributed by atoms with Crippen LogP contribution < -0.4 is 0 Å². The zero-order valence-electron chi connectivity index (χ0n) is 14.2. The van der Waals surface area contributed by atoms with E-state index in [1.165, 1.54) is 37.7 Å². The van der Waals surface area contributed by atoms with Crippen LogP contribution in [0.25, 0.3) is 0 Å². The number of aromatic nitrogens is 1. The van der Waals surface area contributed by atoms with Crippen molar-refractivity contribution >= 4 is 11.6 Å². The van der Waals surface area contributed by atoms with Gasteiger partial charge in [0.25, 0.3) is 0 Å². The van der Waals surface area contributed by atoms with Crippen molar-refractivity contribution < 1.29 is 8.78 Å². The van der Waals surface area contributed by atoms with E-state index < -0.39 is 11.8 Å². The van der Waals surface area contributed by atoms with Crippen LogP contribution in [0.2, 0.25) is 5.15 Å². The predicted octanol–water partition coefficient (Wildman–Crippen LogP) is 6.10. The number of hydrogen-bond acceptors (Lipinski definition) is 1. The van der Waals surface area contributed by atoms with E-state index in [0.29, 0.717) is 5.92 Å². The van der Waals surface area contributed by atoms with Gasteiger partial charge in [-0.1, -0.05) is 48.9 Å². The SMILES string of the molecule is CCC1CCC(c2ccc(C#Cc3cc(F)c(F)nc3Cl)cc2)CC1. The Bertz CT molecular complexity index is 797. The van der Waals surface area contributed by atoms with Gasteiger partial charge < -0.3 is 0 Å². The fourth-order valence-corrected chi connectivity index (χ4v) is 3.59. The van der Waals surface area contributed by atoms with Crippen LogP contribution >= 0.6 is 11.6 Å². The second kappa shape index (κ2) is 7.97. The molecule has 0 saturated heterocycles. The lowest BCUT2D eigenvalue weighted by Gasteiger charge is -2.28. The van der Waals surface area contributed by atoms with E-state index in [2.05, 4.69) is 35.9 Å². The number of rotatable bonds is 2. The van der Waals surface area contributed by atoms with Crippen LogP contribution in [0.5, 0.6) is 0 Å². The largest absolute Gasteiger partial charge is 0.250 e. The molecule has 1 aliphatic rings. The molecule has 0 radical (unpaired) electrons. The maximum atomic E-state index is 13.2.